The highest BCUT2D eigenvalue weighted by molar-refractivity contribution is 7.07. The van der Waals surface area contributed by atoms with Crippen LogP contribution in [0.1, 0.15) is 36.0 Å². The lowest BCUT2D eigenvalue weighted by Gasteiger charge is -2.24. The van der Waals surface area contributed by atoms with Crippen molar-refractivity contribution in [1.29, 1.82) is 0 Å². The summed E-state index contributed by atoms with van der Waals surface area (Å²) < 4.78 is 2.05. The van der Waals surface area contributed by atoms with Crippen molar-refractivity contribution in [2.75, 3.05) is 6.54 Å². The molecule has 106 valence electrons. The molecule has 1 atom stereocenters. The summed E-state index contributed by atoms with van der Waals surface area (Å²) in [6.07, 6.45) is 4.60. The topological polar surface area (TPSA) is 38.1 Å². The van der Waals surface area contributed by atoms with Gasteiger partial charge in [0.2, 0.25) is 5.91 Å². The van der Waals surface area contributed by atoms with E-state index in [-0.39, 0.29) is 11.9 Å². The molecule has 1 aliphatic heterocycles. The van der Waals surface area contributed by atoms with E-state index in [1.54, 1.807) is 11.3 Å². The summed E-state index contributed by atoms with van der Waals surface area (Å²) in [6, 6.07) is 2.17. The van der Waals surface area contributed by atoms with Crippen LogP contribution in [0.5, 0.6) is 0 Å². The van der Waals surface area contributed by atoms with Gasteiger partial charge in [0.25, 0.3) is 0 Å². The molecule has 3 rings (SSSR count). The molecule has 5 heteroatoms. The summed E-state index contributed by atoms with van der Waals surface area (Å²) in [7, 11) is 2.01. The third kappa shape index (κ3) is 2.50. The minimum atomic E-state index is 0.139. The molecule has 0 N–H and O–H groups in total. The van der Waals surface area contributed by atoms with Gasteiger partial charge in [-0.25, -0.2) is 4.98 Å². The molecule has 2 aromatic rings. The van der Waals surface area contributed by atoms with E-state index in [9.17, 15) is 4.79 Å². The van der Waals surface area contributed by atoms with Crippen LogP contribution in [0, 0.1) is 6.92 Å². The molecule has 20 heavy (non-hydrogen) atoms. The number of likely N-dealkylation sites (tertiary alicyclic amines) is 1. The predicted molar refractivity (Wildman–Crippen MR) is 79.7 cm³/mol. The van der Waals surface area contributed by atoms with Gasteiger partial charge in [-0.3, -0.25) is 4.79 Å². The summed E-state index contributed by atoms with van der Waals surface area (Å²) >= 11 is 1.64. The number of aryl methyl sites for hydroxylation is 2. The van der Waals surface area contributed by atoms with Crippen molar-refractivity contribution in [3.05, 3.63) is 40.1 Å². The van der Waals surface area contributed by atoms with E-state index >= 15 is 0 Å². The van der Waals surface area contributed by atoms with Gasteiger partial charge in [0.05, 0.1) is 18.2 Å². The van der Waals surface area contributed by atoms with Crippen LogP contribution in [-0.4, -0.2) is 26.9 Å². The van der Waals surface area contributed by atoms with E-state index < -0.39 is 0 Å². The zero-order valence-corrected chi connectivity index (χ0v) is 12.7. The molecule has 0 aromatic carbocycles. The van der Waals surface area contributed by atoms with Crippen molar-refractivity contribution < 1.29 is 4.79 Å². The first kappa shape index (κ1) is 13.4. The maximum atomic E-state index is 12.5. The first-order valence-corrected chi connectivity index (χ1v) is 7.90. The number of carbonyl (C=O) groups is 1. The third-order valence-electron chi connectivity index (χ3n) is 3.84. The molecule has 1 aliphatic rings. The summed E-state index contributed by atoms with van der Waals surface area (Å²) in [5, 5.41) is 4.07. The second-order valence-electron chi connectivity index (χ2n) is 5.40. The molecule has 0 bridgehead atoms. The molecule has 0 saturated carbocycles. The molecule has 2 aromatic heterocycles. The van der Waals surface area contributed by atoms with Gasteiger partial charge in [0.1, 0.15) is 5.82 Å². The maximum Gasteiger partial charge on any atom is 0.227 e. The highest BCUT2D eigenvalue weighted by Crippen LogP contribution is 2.31. The number of hydrogen-bond acceptors (Lipinski definition) is 3. The number of rotatable bonds is 3. The smallest absolute Gasteiger partial charge is 0.227 e. The van der Waals surface area contributed by atoms with Crippen LogP contribution in [0.3, 0.4) is 0 Å². The number of carbonyl (C=O) groups excluding carboxylic acids is 1. The molecule has 1 saturated heterocycles. The molecule has 1 fully saturated rings. The first-order valence-electron chi connectivity index (χ1n) is 6.95. The number of nitrogens with zero attached hydrogens (tertiary/aromatic N) is 3. The zero-order chi connectivity index (χ0) is 14.1. The van der Waals surface area contributed by atoms with Crippen LogP contribution >= 0.6 is 11.3 Å². The average molecular weight is 289 g/mol. The Bertz CT molecular complexity index is 603. The number of imidazole rings is 1. The van der Waals surface area contributed by atoms with Gasteiger partial charge in [-0.2, -0.15) is 11.3 Å². The maximum absolute atomic E-state index is 12.5. The third-order valence-corrected chi connectivity index (χ3v) is 4.57. The van der Waals surface area contributed by atoms with E-state index in [0.29, 0.717) is 6.42 Å². The molecule has 0 aliphatic carbocycles. The molecule has 0 unspecified atom stereocenters. The van der Waals surface area contributed by atoms with Crippen LogP contribution in [0.4, 0.5) is 0 Å². The Hall–Kier alpha value is -1.62. The number of hydrogen-bond donors (Lipinski definition) is 0. The standard InChI is InChI=1S/C15H19N3OS/c1-11-9-17(2)15(16-11)13-4-3-6-18(13)14(19)8-12-5-7-20-10-12/h5,7,9-10,13H,3-4,6,8H2,1-2H3/t13-/m1/s1. The molecular weight excluding hydrogens is 270 g/mol. The molecule has 4 nitrogen and oxygen atoms in total. The average Bonchev–Trinajstić information content (AvgIpc) is 3.09. The van der Waals surface area contributed by atoms with Crippen molar-refractivity contribution in [3.63, 3.8) is 0 Å². The molecule has 0 spiro atoms. The monoisotopic (exact) mass is 289 g/mol. The van der Waals surface area contributed by atoms with Gasteiger partial charge in [0.15, 0.2) is 0 Å². The van der Waals surface area contributed by atoms with Crippen molar-refractivity contribution in [3.8, 4) is 0 Å². The fourth-order valence-corrected chi connectivity index (χ4v) is 3.62. The van der Waals surface area contributed by atoms with Crippen LogP contribution in [0.2, 0.25) is 0 Å². The van der Waals surface area contributed by atoms with E-state index in [2.05, 4.69) is 9.55 Å². The lowest BCUT2D eigenvalue weighted by atomic mass is 10.2. The summed E-state index contributed by atoms with van der Waals surface area (Å²) in [5.74, 6) is 1.23. The fraction of sp³-hybridized carbons (Fsp3) is 0.467. The number of thiophene rings is 1. The quantitative estimate of drug-likeness (QED) is 0.871. The van der Waals surface area contributed by atoms with Crippen molar-refractivity contribution in [2.24, 2.45) is 7.05 Å². The van der Waals surface area contributed by atoms with Crippen LogP contribution in [0.15, 0.2) is 23.0 Å². The Balaban J connectivity index is 1.78. The largest absolute Gasteiger partial charge is 0.336 e. The summed E-state index contributed by atoms with van der Waals surface area (Å²) in [4.78, 5) is 19.1. The normalized spacial score (nSPS) is 18.7. The first-order chi connectivity index (χ1) is 9.65. The SMILES string of the molecule is Cc1cn(C)c([C@H]2CCCN2C(=O)Cc2ccsc2)n1. The van der Waals surface area contributed by atoms with Crippen molar-refractivity contribution in [2.45, 2.75) is 32.2 Å². The van der Waals surface area contributed by atoms with Gasteiger partial charge in [0, 0.05) is 19.8 Å². The molecule has 3 heterocycles. The van der Waals surface area contributed by atoms with Crippen molar-refractivity contribution in [1.82, 2.24) is 14.5 Å². The van der Waals surface area contributed by atoms with Crippen LogP contribution in [-0.2, 0) is 18.3 Å². The van der Waals surface area contributed by atoms with E-state index in [1.165, 1.54) is 0 Å². The number of amides is 1. The summed E-state index contributed by atoms with van der Waals surface area (Å²) in [6.45, 7) is 2.84. The fourth-order valence-electron chi connectivity index (χ4n) is 2.95. The Morgan fingerprint density at radius 1 is 1.55 bits per heavy atom. The molecular formula is C15H19N3OS. The van der Waals surface area contributed by atoms with Gasteiger partial charge in [-0.15, -0.1) is 0 Å². The van der Waals surface area contributed by atoms with Gasteiger partial charge in [-0.05, 0) is 42.2 Å². The summed E-state index contributed by atoms with van der Waals surface area (Å²) in [5.41, 5.74) is 2.13. The Kier molecular flexibility index (Phi) is 3.61. The van der Waals surface area contributed by atoms with E-state index in [0.717, 1.165) is 36.5 Å². The lowest BCUT2D eigenvalue weighted by molar-refractivity contribution is -0.131. The van der Waals surface area contributed by atoms with Gasteiger partial charge >= 0.3 is 0 Å². The zero-order valence-electron chi connectivity index (χ0n) is 11.9. The second kappa shape index (κ2) is 5.40. The van der Waals surface area contributed by atoms with E-state index in [1.807, 2.05) is 41.9 Å². The second-order valence-corrected chi connectivity index (χ2v) is 6.18. The van der Waals surface area contributed by atoms with E-state index in [4.69, 9.17) is 0 Å². The Morgan fingerprint density at radius 2 is 2.40 bits per heavy atom. The highest BCUT2D eigenvalue weighted by Gasteiger charge is 2.32. The van der Waals surface area contributed by atoms with Gasteiger partial charge in [-0.1, -0.05) is 0 Å². The number of aromatic nitrogens is 2. The minimum absolute atomic E-state index is 0.139. The van der Waals surface area contributed by atoms with Crippen LogP contribution < -0.4 is 0 Å². The molecule has 0 radical (unpaired) electrons. The predicted octanol–water partition coefficient (Wildman–Crippen LogP) is 2.70. The van der Waals surface area contributed by atoms with Crippen LogP contribution in [0.25, 0.3) is 0 Å². The van der Waals surface area contributed by atoms with Gasteiger partial charge < -0.3 is 9.47 Å². The Labute approximate surface area is 123 Å². The highest BCUT2D eigenvalue weighted by atomic mass is 32.1. The van der Waals surface area contributed by atoms with Crippen molar-refractivity contribution >= 4 is 17.2 Å². The molecule has 1 amide bonds. The lowest BCUT2D eigenvalue weighted by Crippen LogP contribution is -2.32. The minimum Gasteiger partial charge on any atom is -0.336 e. The Morgan fingerprint density at radius 3 is 3.05 bits per heavy atom.